The summed E-state index contributed by atoms with van der Waals surface area (Å²) in [5, 5.41) is 18.4. The summed E-state index contributed by atoms with van der Waals surface area (Å²) >= 11 is 7.10. The monoisotopic (exact) mass is 406 g/mol. The number of anilines is 3. The number of amides is 1. The molecule has 11 heteroatoms. The quantitative estimate of drug-likeness (QED) is 0.490. The molecule has 0 spiro atoms. The first kappa shape index (κ1) is 19.2. The maximum absolute atomic E-state index is 12.2. The molecule has 0 aliphatic heterocycles. The third-order valence-electron chi connectivity index (χ3n) is 3.38. The van der Waals surface area contributed by atoms with Gasteiger partial charge in [0, 0.05) is 23.8 Å². The second kappa shape index (κ2) is 8.87. The van der Waals surface area contributed by atoms with Crippen molar-refractivity contribution < 1.29 is 4.79 Å². The zero-order valence-electron chi connectivity index (χ0n) is 14.9. The highest BCUT2D eigenvalue weighted by Gasteiger charge is 2.15. The normalized spacial score (nSPS) is 10.8. The molecule has 0 aliphatic carbocycles. The molecule has 0 bridgehead atoms. The smallest absolute Gasteiger partial charge is 0.261 e. The number of hydrogen-bond acceptors (Lipinski definition) is 8. The first-order valence-corrected chi connectivity index (χ1v) is 9.76. The topological polar surface area (TPSA) is 109 Å². The largest absolute Gasteiger partial charge is 0.355 e. The Hall–Kier alpha value is -2.59. The van der Waals surface area contributed by atoms with Gasteiger partial charge in [0.05, 0.1) is 5.75 Å². The zero-order chi connectivity index (χ0) is 19.2. The van der Waals surface area contributed by atoms with Crippen LogP contribution in [0.3, 0.4) is 0 Å². The summed E-state index contributed by atoms with van der Waals surface area (Å²) in [6.07, 6.45) is 0. The van der Waals surface area contributed by atoms with Gasteiger partial charge in [-0.25, -0.2) is 4.40 Å². The van der Waals surface area contributed by atoms with Crippen molar-refractivity contribution in [3.63, 3.8) is 0 Å². The zero-order valence-corrected chi connectivity index (χ0v) is 16.4. The number of rotatable bonds is 8. The van der Waals surface area contributed by atoms with Crippen LogP contribution in [0.15, 0.2) is 29.4 Å². The molecule has 1 amide bonds. The van der Waals surface area contributed by atoms with Crippen LogP contribution in [0.1, 0.15) is 13.8 Å². The lowest BCUT2D eigenvalue weighted by Gasteiger charge is -2.09. The van der Waals surface area contributed by atoms with Crippen molar-refractivity contribution in [2.45, 2.75) is 19.0 Å². The van der Waals surface area contributed by atoms with Crippen molar-refractivity contribution in [1.29, 1.82) is 0 Å². The molecule has 3 rings (SSSR count). The van der Waals surface area contributed by atoms with Gasteiger partial charge in [0.25, 0.3) is 5.78 Å². The Morgan fingerprint density at radius 1 is 1.11 bits per heavy atom. The Morgan fingerprint density at radius 2 is 1.85 bits per heavy atom. The van der Waals surface area contributed by atoms with E-state index >= 15 is 0 Å². The van der Waals surface area contributed by atoms with Gasteiger partial charge in [-0.15, -0.1) is 10.2 Å². The van der Waals surface area contributed by atoms with Crippen LogP contribution in [0.5, 0.6) is 0 Å². The number of hydrogen-bond donors (Lipinski definition) is 3. The number of benzene rings is 1. The van der Waals surface area contributed by atoms with Crippen LogP contribution in [0.25, 0.3) is 5.78 Å². The van der Waals surface area contributed by atoms with E-state index in [-0.39, 0.29) is 11.7 Å². The Balaban J connectivity index is 1.74. The molecule has 0 saturated carbocycles. The van der Waals surface area contributed by atoms with Crippen LogP contribution in [0.4, 0.5) is 17.6 Å². The van der Waals surface area contributed by atoms with Crippen LogP contribution >= 0.6 is 23.4 Å². The van der Waals surface area contributed by atoms with Crippen molar-refractivity contribution >= 4 is 52.6 Å². The van der Waals surface area contributed by atoms with E-state index in [0.717, 1.165) is 0 Å². The van der Waals surface area contributed by atoms with Gasteiger partial charge in [0.15, 0.2) is 5.16 Å². The molecule has 0 unspecified atom stereocenters. The van der Waals surface area contributed by atoms with E-state index in [9.17, 15) is 4.79 Å². The third-order valence-corrected chi connectivity index (χ3v) is 4.56. The average molecular weight is 407 g/mol. The van der Waals surface area contributed by atoms with E-state index in [1.165, 1.54) is 11.8 Å². The molecule has 2 heterocycles. The summed E-state index contributed by atoms with van der Waals surface area (Å²) in [5.41, 5.74) is 0.683. The molecule has 3 N–H and O–H groups in total. The predicted molar refractivity (Wildman–Crippen MR) is 108 cm³/mol. The molecule has 0 radical (unpaired) electrons. The number of fused-ring (bicyclic) bond motifs is 1. The van der Waals surface area contributed by atoms with Crippen molar-refractivity contribution in [3.05, 3.63) is 29.3 Å². The second-order valence-electron chi connectivity index (χ2n) is 5.39. The van der Waals surface area contributed by atoms with Crippen LogP contribution < -0.4 is 16.0 Å². The first-order chi connectivity index (χ1) is 13.1. The summed E-state index contributed by atoms with van der Waals surface area (Å²) < 4.78 is 1.70. The van der Waals surface area contributed by atoms with Crippen molar-refractivity contribution in [3.8, 4) is 0 Å². The maximum atomic E-state index is 12.2. The van der Waals surface area contributed by atoms with Crippen LogP contribution in [0, 0.1) is 0 Å². The van der Waals surface area contributed by atoms with Crippen LogP contribution in [0.2, 0.25) is 5.02 Å². The lowest BCUT2D eigenvalue weighted by Crippen LogP contribution is -2.15. The highest BCUT2D eigenvalue weighted by atomic mass is 35.5. The standard InChI is InChI=1S/C16H19ClN8OS/c1-3-18-13-21-14(19-4-2)25-15(22-13)23-24-16(25)27-9-12(26)20-11-7-5-10(17)6-8-11/h5-8H,3-4,9H2,1-2H3,(H,20,26)(H2,18,19,21,22,23). The Kier molecular flexibility index (Phi) is 6.30. The first-order valence-electron chi connectivity index (χ1n) is 8.39. The molecule has 9 nitrogen and oxygen atoms in total. The summed E-state index contributed by atoms with van der Waals surface area (Å²) in [7, 11) is 0. The summed E-state index contributed by atoms with van der Waals surface area (Å²) in [6, 6.07) is 6.93. The number of nitrogens with one attached hydrogen (secondary N) is 3. The second-order valence-corrected chi connectivity index (χ2v) is 6.77. The molecule has 2 aromatic heterocycles. The van der Waals surface area contributed by atoms with Gasteiger partial charge < -0.3 is 16.0 Å². The van der Waals surface area contributed by atoms with Crippen molar-refractivity contribution in [1.82, 2.24) is 24.6 Å². The van der Waals surface area contributed by atoms with Gasteiger partial charge >= 0.3 is 0 Å². The van der Waals surface area contributed by atoms with E-state index in [2.05, 4.69) is 36.1 Å². The van der Waals surface area contributed by atoms with Gasteiger partial charge in [-0.05, 0) is 38.1 Å². The van der Waals surface area contributed by atoms with Gasteiger partial charge in [-0.1, -0.05) is 23.4 Å². The summed E-state index contributed by atoms with van der Waals surface area (Å²) in [5.74, 6) is 1.48. The van der Waals surface area contributed by atoms with E-state index in [1.54, 1.807) is 28.7 Å². The molecule has 1 aromatic carbocycles. The Bertz CT molecular complexity index is 930. The van der Waals surface area contributed by atoms with E-state index < -0.39 is 0 Å². The lowest BCUT2D eigenvalue weighted by atomic mass is 10.3. The average Bonchev–Trinajstić information content (AvgIpc) is 3.06. The van der Waals surface area contributed by atoms with Crippen LogP contribution in [-0.2, 0) is 4.79 Å². The van der Waals surface area contributed by atoms with Gasteiger partial charge in [0.1, 0.15) is 0 Å². The third kappa shape index (κ3) is 4.77. The number of carbonyl (C=O) groups excluding carboxylic acids is 1. The molecular weight excluding hydrogens is 388 g/mol. The highest BCUT2D eigenvalue weighted by molar-refractivity contribution is 7.99. The van der Waals surface area contributed by atoms with Gasteiger partial charge in [0.2, 0.25) is 17.8 Å². The molecule has 142 valence electrons. The molecule has 0 saturated heterocycles. The van der Waals surface area contributed by atoms with Crippen LogP contribution in [-0.4, -0.2) is 49.3 Å². The number of carbonyl (C=O) groups is 1. The summed E-state index contributed by atoms with van der Waals surface area (Å²) in [6.45, 7) is 5.31. The van der Waals surface area contributed by atoms with Gasteiger partial charge in [-0.2, -0.15) is 9.97 Å². The number of halogens is 1. The van der Waals surface area contributed by atoms with E-state index in [1.807, 2.05) is 13.8 Å². The SMILES string of the molecule is CCNc1nc(NCC)n2c(SCC(=O)Nc3ccc(Cl)cc3)nnc2n1. The minimum atomic E-state index is -0.158. The fourth-order valence-corrected chi connectivity index (χ4v) is 3.11. The van der Waals surface area contributed by atoms with Crippen molar-refractivity contribution in [2.24, 2.45) is 0 Å². The van der Waals surface area contributed by atoms with E-state index in [4.69, 9.17) is 11.6 Å². The fourth-order valence-electron chi connectivity index (χ4n) is 2.26. The Labute approximate surface area is 165 Å². The lowest BCUT2D eigenvalue weighted by molar-refractivity contribution is -0.113. The number of nitrogens with zero attached hydrogens (tertiary/aromatic N) is 5. The minimum Gasteiger partial charge on any atom is -0.355 e. The molecular formula is C16H19ClN8OS. The molecule has 27 heavy (non-hydrogen) atoms. The highest BCUT2D eigenvalue weighted by Crippen LogP contribution is 2.21. The molecule has 0 fully saturated rings. The molecule has 3 aromatic rings. The minimum absolute atomic E-state index is 0.158. The number of aromatic nitrogens is 5. The fraction of sp³-hybridized carbons (Fsp3) is 0.312. The molecule has 0 atom stereocenters. The Morgan fingerprint density at radius 3 is 2.56 bits per heavy atom. The number of thioether (sulfide) groups is 1. The van der Waals surface area contributed by atoms with Gasteiger partial charge in [-0.3, -0.25) is 4.79 Å². The predicted octanol–water partition coefficient (Wildman–Crippen LogP) is 2.77. The summed E-state index contributed by atoms with van der Waals surface area (Å²) in [4.78, 5) is 21.0. The van der Waals surface area contributed by atoms with E-state index in [0.29, 0.717) is 46.6 Å². The van der Waals surface area contributed by atoms with Crippen molar-refractivity contribution in [2.75, 3.05) is 34.8 Å². The maximum Gasteiger partial charge on any atom is 0.261 e. The molecule has 0 aliphatic rings.